The second kappa shape index (κ2) is 10.8. The highest BCUT2D eigenvalue weighted by atomic mass is 32.2. The first-order valence-corrected chi connectivity index (χ1v) is 13.2. The van der Waals surface area contributed by atoms with Crippen molar-refractivity contribution in [3.05, 3.63) is 64.7 Å². The first-order valence-electron chi connectivity index (χ1n) is 11.3. The molecule has 0 aliphatic carbocycles. The molecule has 0 radical (unpaired) electrons. The summed E-state index contributed by atoms with van der Waals surface area (Å²) < 4.78 is 26.1. The first kappa shape index (κ1) is 24.8. The lowest BCUT2D eigenvalue weighted by atomic mass is 10.1. The van der Waals surface area contributed by atoms with Crippen molar-refractivity contribution in [1.29, 1.82) is 0 Å². The summed E-state index contributed by atoms with van der Waals surface area (Å²) in [7, 11) is -3.46. The maximum Gasteiger partial charge on any atom is 0.232 e. The largest absolute Gasteiger partial charge is 0.352 e. The van der Waals surface area contributed by atoms with Gasteiger partial charge in [-0.1, -0.05) is 36.4 Å². The summed E-state index contributed by atoms with van der Waals surface area (Å²) in [6, 6.07) is 13.4. The fraction of sp³-hybridized carbons (Fsp3) is 0.440. The van der Waals surface area contributed by atoms with Gasteiger partial charge in [0, 0.05) is 39.0 Å². The number of aryl methyl sites for hydroxylation is 1. The molecular weight excluding hydrogens is 438 g/mol. The number of sulfonamides is 1. The van der Waals surface area contributed by atoms with Gasteiger partial charge in [0.25, 0.3) is 0 Å². The molecule has 1 aliphatic rings. The summed E-state index contributed by atoms with van der Waals surface area (Å²) in [6.45, 7) is 5.81. The van der Waals surface area contributed by atoms with Crippen LogP contribution in [0, 0.1) is 13.8 Å². The molecule has 2 amide bonds. The van der Waals surface area contributed by atoms with E-state index in [-0.39, 0.29) is 24.8 Å². The predicted molar refractivity (Wildman–Crippen MR) is 130 cm³/mol. The minimum absolute atomic E-state index is 0.128. The normalized spacial score (nSPS) is 13.9. The number of nitrogens with one attached hydrogen (secondary N) is 1. The molecule has 3 rings (SSSR count). The zero-order valence-corrected chi connectivity index (χ0v) is 20.5. The molecular formula is C25H33N3O4S. The van der Waals surface area contributed by atoms with E-state index in [1.54, 1.807) is 6.07 Å². The zero-order chi connectivity index (χ0) is 24.0. The van der Waals surface area contributed by atoms with Crippen LogP contribution >= 0.6 is 0 Å². The van der Waals surface area contributed by atoms with E-state index < -0.39 is 10.0 Å². The van der Waals surface area contributed by atoms with Gasteiger partial charge in [-0.25, -0.2) is 8.42 Å². The quantitative estimate of drug-likeness (QED) is 0.576. The lowest BCUT2D eigenvalue weighted by molar-refractivity contribution is -0.128. The second-order valence-electron chi connectivity index (χ2n) is 8.62. The second-order valence-corrected chi connectivity index (χ2v) is 10.5. The van der Waals surface area contributed by atoms with Crippen LogP contribution < -0.4 is 9.62 Å². The van der Waals surface area contributed by atoms with Crippen molar-refractivity contribution in [2.45, 2.75) is 52.6 Å². The molecule has 0 aromatic heterocycles. The molecule has 0 spiro atoms. The van der Waals surface area contributed by atoms with Gasteiger partial charge in [0.2, 0.25) is 21.8 Å². The topological polar surface area (TPSA) is 86.8 Å². The number of amides is 2. The number of hydrogen-bond donors (Lipinski definition) is 1. The molecule has 178 valence electrons. The highest BCUT2D eigenvalue weighted by Crippen LogP contribution is 2.25. The number of benzene rings is 2. The Morgan fingerprint density at radius 3 is 2.48 bits per heavy atom. The standard InChI is InChI=1S/C25H33N3O4S/c1-19-9-6-12-23(20(19)2)28(33(3,31)32)16-7-13-24(29)26-17-21-10-4-5-11-22(21)18-27-15-8-14-25(27)30/h4-6,9-12H,7-8,13-18H2,1-3H3,(H,26,29). The van der Waals surface area contributed by atoms with Crippen LogP contribution in [0.3, 0.4) is 0 Å². The Hall–Kier alpha value is -2.87. The van der Waals surface area contributed by atoms with E-state index in [9.17, 15) is 18.0 Å². The Morgan fingerprint density at radius 1 is 1.09 bits per heavy atom. The summed E-state index contributed by atoms with van der Waals surface area (Å²) >= 11 is 0. The average Bonchev–Trinajstić information content (AvgIpc) is 3.16. The summed E-state index contributed by atoms with van der Waals surface area (Å²) in [5.74, 6) is 0.0459. The highest BCUT2D eigenvalue weighted by Gasteiger charge is 2.22. The van der Waals surface area contributed by atoms with Crippen LogP contribution in [0.25, 0.3) is 0 Å². The van der Waals surface area contributed by atoms with Crippen LogP contribution in [-0.4, -0.2) is 44.5 Å². The summed E-state index contributed by atoms with van der Waals surface area (Å²) in [5, 5.41) is 2.94. The van der Waals surface area contributed by atoms with E-state index in [1.165, 1.54) is 10.6 Å². The van der Waals surface area contributed by atoms with Crippen molar-refractivity contribution >= 4 is 27.5 Å². The van der Waals surface area contributed by atoms with Crippen LogP contribution in [0.4, 0.5) is 5.69 Å². The van der Waals surface area contributed by atoms with E-state index in [4.69, 9.17) is 0 Å². The minimum Gasteiger partial charge on any atom is -0.352 e. The maximum atomic E-state index is 12.5. The van der Waals surface area contributed by atoms with Crippen molar-refractivity contribution in [3.8, 4) is 0 Å². The lowest BCUT2D eigenvalue weighted by Gasteiger charge is -2.25. The SMILES string of the molecule is Cc1cccc(N(CCCC(=O)NCc2ccccc2CN2CCCC2=O)S(C)(=O)=O)c1C. The van der Waals surface area contributed by atoms with Gasteiger partial charge < -0.3 is 10.2 Å². The van der Waals surface area contributed by atoms with Gasteiger partial charge in [0.05, 0.1) is 11.9 Å². The van der Waals surface area contributed by atoms with Crippen LogP contribution in [0.15, 0.2) is 42.5 Å². The number of anilines is 1. The van der Waals surface area contributed by atoms with Crippen LogP contribution in [0.5, 0.6) is 0 Å². The molecule has 1 aliphatic heterocycles. The molecule has 0 unspecified atom stereocenters. The van der Waals surface area contributed by atoms with E-state index >= 15 is 0 Å². The van der Waals surface area contributed by atoms with Crippen molar-refractivity contribution < 1.29 is 18.0 Å². The Morgan fingerprint density at radius 2 is 1.82 bits per heavy atom. The molecule has 0 atom stereocenters. The minimum atomic E-state index is -3.46. The zero-order valence-electron chi connectivity index (χ0n) is 19.6. The third kappa shape index (κ3) is 6.57. The number of likely N-dealkylation sites (tertiary alicyclic amines) is 1. The van der Waals surface area contributed by atoms with Gasteiger partial charge >= 0.3 is 0 Å². The summed E-state index contributed by atoms with van der Waals surface area (Å²) in [5.41, 5.74) is 4.61. The molecule has 33 heavy (non-hydrogen) atoms. The fourth-order valence-corrected chi connectivity index (χ4v) is 5.11. The number of carbonyl (C=O) groups is 2. The lowest BCUT2D eigenvalue weighted by Crippen LogP contribution is -2.32. The Labute approximate surface area is 196 Å². The first-order chi connectivity index (χ1) is 15.7. The maximum absolute atomic E-state index is 12.5. The van der Waals surface area contributed by atoms with Gasteiger partial charge in [-0.05, 0) is 55.0 Å². The number of carbonyl (C=O) groups excluding carboxylic acids is 2. The fourth-order valence-electron chi connectivity index (χ4n) is 4.10. The van der Waals surface area contributed by atoms with E-state index in [2.05, 4.69) is 5.32 Å². The molecule has 7 nitrogen and oxygen atoms in total. The van der Waals surface area contributed by atoms with E-state index in [0.29, 0.717) is 31.6 Å². The molecule has 1 N–H and O–H groups in total. The third-order valence-corrected chi connectivity index (χ3v) is 7.32. The number of hydrogen-bond acceptors (Lipinski definition) is 4. The highest BCUT2D eigenvalue weighted by molar-refractivity contribution is 7.92. The van der Waals surface area contributed by atoms with E-state index in [0.717, 1.165) is 35.2 Å². The van der Waals surface area contributed by atoms with Gasteiger partial charge in [-0.15, -0.1) is 0 Å². The summed E-state index contributed by atoms with van der Waals surface area (Å²) in [4.78, 5) is 26.3. The summed E-state index contributed by atoms with van der Waals surface area (Å²) in [6.07, 6.45) is 3.33. The molecule has 0 bridgehead atoms. The number of nitrogens with zero attached hydrogens (tertiary/aromatic N) is 2. The van der Waals surface area contributed by atoms with Gasteiger partial charge in [-0.2, -0.15) is 0 Å². The Kier molecular flexibility index (Phi) is 8.13. The van der Waals surface area contributed by atoms with Gasteiger partial charge in [-0.3, -0.25) is 13.9 Å². The van der Waals surface area contributed by atoms with Crippen LogP contribution in [0.1, 0.15) is 47.9 Å². The monoisotopic (exact) mass is 471 g/mol. The van der Waals surface area contributed by atoms with Crippen molar-refractivity contribution in [3.63, 3.8) is 0 Å². The van der Waals surface area contributed by atoms with Crippen molar-refractivity contribution in [1.82, 2.24) is 10.2 Å². The smallest absolute Gasteiger partial charge is 0.232 e. The van der Waals surface area contributed by atoms with Crippen LogP contribution in [0.2, 0.25) is 0 Å². The van der Waals surface area contributed by atoms with E-state index in [1.807, 2.05) is 55.1 Å². The Bertz CT molecular complexity index is 1110. The van der Waals surface area contributed by atoms with Gasteiger partial charge in [0.15, 0.2) is 0 Å². The molecule has 2 aromatic rings. The molecule has 1 heterocycles. The molecule has 0 saturated carbocycles. The average molecular weight is 472 g/mol. The molecule has 1 fully saturated rings. The third-order valence-electron chi connectivity index (χ3n) is 6.14. The van der Waals surface area contributed by atoms with Crippen LogP contribution in [-0.2, 0) is 32.7 Å². The predicted octanol–water partition coefficient (Wildman–Crippen LogP) is 3.29. The van der Waals surface area contributed by atoms with Crippen molar-refractivity contribution in [2.75, 3.05) is 23.7 Å². The molecule has 2 aromatic carbocycles. The van der Waals surface area contributed by atoms with Crippen molar-refractivity contribution in [2.24, 2.45) is 0 Å². The number of rotatable bonds is 10. The van der Waals surface area contributed by atoms with Gasteiger partial charge in [0.1, 0.15) is 0 Å². The molecule has 8 heteroatoms. The molecule has 1 saturated heterocycles. The Balaban J connectivity index is 1.55.